The van der Waals surface area contributed by atoms with E-state index in [1.165, 1.54) is 25.1 Å². The molecule has 1 atom stereocenters. The van der Waals surface area contributed by atoms with Crippen molar-refractivity contribution in [2.45, 2.75) is 45.8 Å². The number of pyridine rings is 1. The minimum atomic E-state index is -4.48. The molecule has 0 amide bonds. The van der Waals surface area contributed by atoms with Crippen LogP contribution in [0.2, 0.25) is 5.02 Å². The van der Waals surface area contributed by atoms with Crippen LogP contribution in [0.1, 0.15) is 37.4 Å². The van der Waals surface area contributed by atoms with Crippen molar-refractivity contribution in [3.05, 3.63) is 57.1 Å². The van der Waals surface area contributed by atoms with Crippen LogP contribution >= 0.6 is 11.6 Å². The first-order valence-corrected chi connectivity index (χ1v) is 10.3. The van der Waals surface area contributed by atoms with E-state index in [9.17, 15) is 18.0 Å². The summed E-state index contributed by atoms with van der Waals surface area (Å²) in [5.74, 6) is 1.01. The Kier molecular flexibility index (Phi) is 5.34. The van der Waals surface area contributed by atoms with Gasteiger partial charge in [-0.3, -0.25) is 9.36 Å². The van der Waals surface area contributed by atoms with E-state index in [0.717, 1.165) is 18.6 Å². The van der Waals surface area contributed by atoms with Crippen LogP contribution in [0.25, 0.3) is 22.3 Å². The van der Waals surface area contributed by atoms with Crippen LogP contribution in [-0.4, -0.2) is 14.5 Å². The predicted octanol–water partition coefficient (Wildman–Crippen LogP) is 5.88. The maximum Gasteiger partial charge on any atom is 0.416 e. The molecular weight excluding hydrogens is 415 g/mol. The highest BCUT2D eigenvalue weighted by atomic mass is 35.5. The highest BCUT2D eigenvalue weighted by Crippen LogP contribution is 2.40. The number of hydrogen-bond donors (Lipinski definition) is 0. The lowest BCUT2D eigenvalue weighted by molar-refractivity contribution is -0.137. The smallest absolute Gasteiger partial charge is 0.290 e. The lowest BCUT2D eigenvalue weighted by atomic mass is 10.00. The second-order valence-electron chi connectivity index (χ2n) is 7.84. The molecule has 4 rings (SSSR count). The number of aryl methyl sites for hydroxylation is 1. The molecule has 1 aliphatic carbocycles. The normalized spacial score (nSPS) is 15.5. The van der Waals surface area contributed by atoms with Crippen LogP contribution in [0.5, 0.6) is 0 Å². The zero-order chi connectivity index (χ0) is 21.6. The summed E-state index contributed by atoms with van der Waals surface area (Å²) in [5.41, 5.74) is 1.18. The summed E-state index contributed by atoms with van der Waals surface area (Å²) in [5, 5.41) is -0.0288. The molecule has 0 spiro atoms. The van der Waals surface area contributed by atoms with E-state index in [0.29, 0.717) is 46.4 Å². The van der Waals surface area contributed by atoms with E-state index in [4.69, 9.17) is 11.6 Å². The van der Waals surface area contributed by atoms with Crippen LogP contribution in [0.15, 0.2) is 35.3 Å². The van der Waals surface area contributed by atoms with Gasteiger partial charge < -0.3 is 0 Å². The molecule has 1 fully saturated rings. The maximum absolute atomic E-state index is 13.0. The van der Waals surface area contributed by atoms with Crippen molar-refractivity contribution in [1.29, 1.82) is 0 Å². The van der Waals surface area contributed by atoms with Crippen LogP contribution in [0, 0.1) is 18.8 Å². The Labute approximate surface area is 176 Å². The summed E-state index contributed by atoms with van der Waals surface area (Å²) in [6, 6.07) is 4.91. The molecular formula is C22H21ClF3N3O. The number of aromatic nitrogens is 3. The van der Waals surface area contributed by atoms with Gasteiger partial charge in [-0.2, -0.15) is 13.2 Å². The molecule has 0 radical (unpaired) electrons. The van der Waals surface area contributed by atoms with Crippen LogP contribution in [0.4, 0.5) is 13.2 Å². The standard InChI is InChI=1S/C22H21ClF3N3O/c1-3-13(14-4-5-14)11-29-20-19(28-12(2)21(29)30)17(8-9-27-20)16-7-6-15(10-18(16)23)22(24,25)26/h6-10,13-14H,3-5,11H2,1-2H3. The SMILES string of the molecule is CCC(Cn1c(=O)c(C)nc2c(-c3ccc(C(F)(F)F)cc3Cl)ccnc21)C1CC1. The Morgan fingerprint density at radius 2 is 1.97 bits per heavy atom. The number of hydrogen-bond acceptors (Lipinski definition) is 3. The third-order valence-electron chi connectivity index (χ3n) is 5.81. The van der Waals surface area contributed by atoms with Crippen LogP contribution in [0.3, 0.4) is 0 Å². The summed E-state index contributed by atoms with van der Waals surface area (Å²) < 4.78 is 40.7. The molecule has 1 unspecified atom stereocenters. The lowest BCUT2D eigenvalue weighted by Crippen LogP contribution is -2.28. The summed E-state index contributed by atoms with van der Waals surface area (Å²) in [6.07, 6.45) is 0.376. The van der Waals surface area contributed by atoms with Crippen LogP contribution in [-0.2, 0) is 12.7 Å². The zero-order valence-electron chi connectivity index (χ0n) is 16.6. The van der Waals surface area contributed by atoms with E-state index in [2.05, 4.69) is 16.9 Å². The topological polar surface area (TPSA) is 47.8 Å². The molecule has 3 aromatic rings. The fraction of sp³-hybridized carbons (Fsp3) is 0.409. The molecule has 4 nitrogen and oxygen atoms in total. The first-order chi connectivity index (χ1) is 14.2. The minimum absolute atomic E-state index is 0.0288. The fourth-order valence-electron chi connectivity index (χ4n) is 3.97. The Balaban J connectivity index is 1.88. The molecule has 0 N–H and O–H groups in total. The van der Waals surface area contributed by atoms with Gasteiger partial charge in [0.15, 0.2) is 5.65 Å². The van der Waals surface area contributed by atoms with Crippen molar-refractivity contribution in [2.75, 3.05) is 0 Å². The molecule has 1 saturated carbocycles. The van der Waals surface area contributed by atoms with Gasteiger partial charge in [0.05, 0.1) is 5.56 Å². The van der Waals surface area contributed by atoms with E-state index >= 15 is 0 Å². The van der Waals surface area contributed by atoms with Gasteiger partial charge in [-0.15, -0.1) is 0 Å². The number of alkyl halides is 3. The van der Waals surface area contributed by atoms with Gasteiger partial charge in [0.2, 0.25) is 0 Å². The average molecular weight is 436 g/mol. The molecule has 2 heterocycles. The molecule has 1 aromatic carbocycles. The summed E-state index contributed by atoms with van der Waals surface area (Å²) in [6.45, 7) is 4.31. The van der Waals surface area contributed by atoms with Crippen molar-refractivity contribution >= 4 is 22.8 Å². The number of fused-ring (bicyclic) bond motifs is 1. The van der Waals surface area contributed by atoms with E-state index < -0.39 is 11.7 Å². The Bertz CT molecular complexity index is 1170. The molecule has 158 valence electrons. The van der Waals surface area contributed by atoms with Crippen molar-refractivity contribution in [1.82, 2.24) is 14.5 Å². The number of benzene rings is 1. The molecule has 2 aromatic heterocycles. The quantitative estimate of drug-likeness (QED) is 0.503. The highest BCUT2D eigenvalue weighted by Gasteiger charge is 2.32. The minimum Gasteiger partial charge on any atom is -0.290 e. The number of nitrogens with zero attached hydrogens (tertiary/aromatic N) is 3. The second kappa shape index (κ2) is 7.69. The largest absolute Gasteiger partial charge is 0.416 e. The fourth-order valence-corrected chi connectivity index (χ4v) is 4.25. The van der Waals surface area contributed by atoms with E-state index in [-0.39, 0.29) is 10.6 Å². The third-order valence-corrected chi connectivity index (χ3v) is 6.12. The van der Waals surface area contributed by atoms with Gasteiger partial charge >= 0.3 is 6.18 Å². The Morgan fingerprint density at radius 1 is 1.23 bits per heavy atom. The molecule has 0 saturated heterocycles. The molecule has 1 aliphatic rings. The summed E-state index contributed by atoms with van der Waals surface area (Å²) >= 11 is 6.22. The molecule has 0 aliphatic heterocycles. The van der Waals surface area contributed by atoms with Crippen molar-refractivity contribution in [3.8, 4) is 11.1 Å². The monoisotopic (exact) mass is 435 g/mol. The van der Waals surface area contributed by atoms with E-state index in [1.54, 1.807) is 17.6 Å². The number of rotatable bonds is 5. The highest BCUT2D eigenvalue weighted by molar-refractivity contribution is 6.33. The van der Waals surface area contributed by atoms with E-state index in [1.807, 2.05) is 0 Å². The van der Waals surface area contributed by atoms with Gasteiger partial charge in [0.1, 0.15) is 11.2 Å². The van der Waals surface area contributed by atoms with Gasteiger partial charge in [-0.25, -0.2) is 9.97 Å². The summed E-state index contributed by atoms with van der Waals surface area (Å²) in [4.78, 5) is 21.7. The van der Waals surface area contributed by atoms with Gasteiger partial charge in [-0.1, -0.05) is 31.0 Å². The Morgan fingerprint density at radius 3 is 2.57 bits per heavy atom. The van der Waals surface area contributed by atoms with Crippen molar-refractivity contribution in [3.63, 3.8) is 0 Å². The first kappa shape index (κ1) is 20.8. The second-order valence-corrected chi connectivity index (χ2v) is 8.25. The van der Waals surface area contributed by atoms with Gasteiger partial charge in [0, 0.05) is 28.9 Å². The Hall–Kier alpha value is -2.41. The number of halogens is 4. The maximum atomic E-state index is 13.0. The van der Waals surface area contributed by atoms with Gasteiger partial charge in [0.25, 0.3) is 5.56 Å². The van der Waals surface area contributed by atoms with Gasteiger partial charge in [-0.05, 0) is 49.8 Å². The lowest BCUT2D eigenvalue weighted by Gasteiger charge is -2.18. The molecule has 30 heavy (non-hydrogen) atoms. The zero-order valence-corrected chi connectivity index (χ0v) is 17.4. The van der Waals surface area contributed by atoms with Crippen molar-refractivity contribution < 1.29 is 13.2 Å². The predicted molar refractivity (Wildman–Crippen MR) is 110 cm³/mol. The summed E-state index contributed by atoms with van der Waals surface area (Å²) in [7, 11) is 0. The van der Waals surface area contributed by atoms with Crippen LogP contribution < -0.4 is 5.56 Å². The first-order valence-electron chi connectivity index (χ1n) is 9.94. The average Bonchev–Trinajstić information content (AvgIpc) is 3.53. The van der Waals surface area contributed by atoms with Crippen molar-refractivity contribution in [2.24, 2.45) is 11.8 Å². The third kappa shape index (κ3) is 3.83. The molecule has 0 bridgehead atoms. The molecule has 8 heteroatoms.